The number of fused-ring (bicyclic) bond motifs is 1. The molecule has 0 amide bonds. The van der Waals surface area contributed by atoms with Crippen LogP contribution in [0.3, 0.4) is 0 Å². The van der Waals surface area contributed by atoms with Crippen LogP contribution in [0.4, 0.5) is 0 Å². The van der Waals surface area contributed by atoms with E-state index in [2.05, 4.69) is 23.9 Å². The average Bonchev–Trinajstić information content (AvgIpc) is 2.90. The molecule has 17 heavy (non-hydrogen) atoms. The van der Waals surface area contributed by atoms with Crippen molar-refractivity contribution >= 4 is 0 Å². The molecule has 1 saturated carbocycles. The Hall–Kier alpha value is -0.830. The number of imidazole rings is 1. The second-order valence-electron chi connectivity index (χ2n) is 5.52. The molecule has 3 heteroatoms. The lowest BCUT2D eigenvalue weighted by Crippen LogP contribution is -2.32. The van der Waals surface area contributed by atoms with Crippen molar-refractivity contribution in [2.24, 2.45) is 0 Å². The monoisotopic (exact) mass is 233 g/mol. The smallest absolute Gasteiger partial charge is 0.106 e. The molecule has 1 aromatic rings. The largest absolute Gasteiger partial charge is 0.327 e. The molecule has 0 spiro atoms. The number of nitrogens with one attached hydrogen (secondary N) is 1. The summed E-state index contributed by atoms with van der Waals surface area (Å²) in [5, 5.41) is 3.49. The van der Waals surface area contributed by atoms with Gasteiger partial charge >= 0.3 is 0 Å². The highest BCUT2D eigenvalue weighted by atomic mass is 15.2. The first-order valence-electron chi connectivity index (χ1n) is 7.05. The molecule has 2 aliphatic carbocycles. The maximum Gasteiger partial charge on any atom is 0.106 e. The first kappa shape index (κ1) is 11.3. The Bertz CT molecular complexity index is 408. The molecule has 1 heterocycles. The maximum absolute atomic E-state index is 4.80. The van der Waals surface area contributed by atoms with Crippen molar-refractivity contribution in [1.82, 2.24) is 14.9 Å². The van der Waals surface area contributed by atoms with Gasteiger partial charge in [0.25, 0.3) is 0 Å². The number of aromatic nitrogens is 2. The van der Waals surface area contributed by atoms with E-state index in [0.717, 1.165) is 0 Å². The molecule has 0 bridgehead atoms. The molecular formula is C14H23N3. The fourth-order valence-corrected chi connectivity index (χ4v) is 3.72. The van der Waals surface area contributed by atoms with Crippen molar-refractivity contribution in [3.8, 4) is 0 Å². The normalized spacial score (nSPS) is 28.4. The van der Waals surface area contributed by atoms with E-state index in [4.69, 9.17) is 4.98 Å². The van der Waals surface area contributed by atoms with Gasteiger partial charge in [-0.25, -0.2) is 4.98 Å². The van der Waals surface area contributed by atoms with Gasteiger partial charge in [-0.05, 0) is 58.9 Å². The highest BCUT2D eigenvalue weighted by Gasteiger charge is 2.31. The van der Waals surface area contributed by atoms with Gasteiger partial charge in [-0.3, -0.25) is 0 Å². The zero-order valence-corrected chi connectivity index (χ0v) is 11.0. The third kappa shape index (κ3) is 1.81. The number of rotatable bonds is 2. The molecule has 0 radical (unpaired) electrons. The van der Waals surface area contributed by atoms with E-state index in [1.165, 1.54) is 56.5 Å². The van der Waals surface area contributed by atoms with Gasteiger partial charge in [0.1, 0.15) is 5.82 Å². The van der Waals surface area contributed by atoms with Crippen molar-refractivity contribution < 1.29 is 0 Å². The Morgan fingerprint density at radius 3 is 2.82 bits per heavy atom. The molecule has 0 aliphatic heterocycles. The molecule has 2 aliphatic rings. The summed E-state index contributed by atoms with van der Waals surface area (Å²) in [7, 11) is 2.10. The van der Waals surface area contributed by atoms with Crippen molar-refractivity contribution in [2.75, 3.05) is 7.05 Å². The summed E-state index contributed by atoms with van der Waals surface area (Å²) in [6.45, 7) is 2.18. The van der Waals surface area contributed by atoms with Crippen LogP contribution in [0.5, 0.6) is 0 Å². The van der Waals surface area contributed by atoms with Gasteiger partial charge in [-0.2, -0.15) is 0 Å². The van der Waals surface area contributed by atoms with Crippen LogP contribution in [0.25, 0.3) is 0 Å². The molecule has 1 aromatic heterocycles. The van der Waals surface area contributed by atoms with Crippen molar-refractivity contribution in [2.45, 2.75) is 64.0 Å². The quantitative estimate of drug-likeness (QED) is 0.850. The zero-order chi connectivity index (χ0) is 11.8. The van der Waals surface area contributed by atoms with E-state index in [9.17, 15) is 0 Å². The minimum Gasteiger partial charge on any atom is -0.327 e. The van der Waals surface area contributed by atoms with Gasteiger partial charge in [0.2, 0.25) is 0 Å². The van der Waals surface area contributed by atoms with Crippen LogP contribution in [0.1, 0.15) is 55.4 Å². The zero-order valence-electron chi connectivity index (χ0n) is 11.0. The molecule has 0 aromatic carbocycles. The van der Waals surface area contributed by atoms with Crippen LogP contribution in [-0.2, 0) is 12.8 Å². The third-order valence-electron chi connectivity index (χ3n) is 4.53. The highest BCUT2D eigenvalue weighted by Crippen LogP contribution is 2.34. The summed E-state index contributed by atoms with van der Waals surface area (Å²) >= 11 is 0. The Morgan fingerprint density at radius 1 is 1.18 bits per heavy atom. The van der Waals surface area contributed by atoms with Crippen molar-refractivity contribution in [1.29, 1.82) is 0 Å². The topological polar surface area (TPSA) is 29.9 Å². The van der Waals surface area contributed by atoms with Crippen LogP contribution in [0, 0.1) is 6.92 Å². The number of hydrogen-bond acceptors (Lipinski definition) is 2. The van der Waals surface area contributed by atoms with Gasteiger partial charge in [0, 0.05) is 11.7 Å². The van der Waals surface area contributed by atoms with E-state index in [1.54, 1.807) is 5.69 Å². The molecule has 94 valence electrons. The average molecular weight is 233 g/mol. The summed E-state index contributed by atoms with van der Waals surface area (Å²) in [5.41, 5.74) is 2.93. The predicted molar refractivity (Wildman–Crippen MR) is 69.3 cm³/mol. The minimum absolute atomic E-state index is 0.647. The van der Waals surface area contributed by atoms with E-state index >= 15 is 0 Å². The van der Waals surface area contributed by atoms with E-state index in [1.807, 2.05) is 0 Å². The fraction of sp³-hybridized carbons (Fsp3) is 0.786. The second kappa shape index (κ2) is 4.45. The molecule has 2 unspecified atom stereocenters. The highest BCUT2D eigenvalue weighted by molar-refractivity contribution is 5.21. The Balaban J connectivity index is 1.99. The number of hydrogen-bond donors (Lipinski definition) is 1. The Kier molecular flexibility index (Phi) is 2.95. The number of nitrogens with zero attached hydrogens (tertiary/aromatic N) is 2. The van der Waals surface area contributed by atoms with E-state index < -0.39 is 0 Å². The lowest BCUT2D eigenvalue weighted by Gasteiger charge is -2.25. The molecule has 3 rings (SSSR count). The van der Waals surface area contributed by atoms with Crippen molar-refractivity contribution in [3.63, 3.8) is 0 Å². The molecule has 2 atom stereocenters. The predicted octanol–water partition coefficient (Wildman–Crippen LogP) is 2.38. The Labute approximate surface area is 104 Å². The van der Waals surface area contributed by atoms with E-state index in [0.29, 0.717) is 12.1 Å². The third-order valence-corrected chi connectivity index (χ3v) is 4.53. The summed E-state index contributed by atoms with van der Waals surface area (Å²) in [4.78, 5) is 4.80. The van der Waals surface area contributed by atoms with Gasteiger partial charge in [0.15, 0.2) is 0 Å². The number of likely N-dealkylation sites (N-methyl/N-ethyl adjacent to an activating group) is 1. The van der Waals surface area contributed by atoms with Gasteiger partial charge < -0.3 is 9.88 Å². The first-order chi connectivity index (χ1) is 8.31. The van der Waals surface area contributed by atoms with Gasteiger partial charge in [-0.15, -0.1) is 0 Å². The maximum atomic E-state index is 4.80. The van der Waals surface area contributed by atoms with Crippen molar-refractivity contribution in [3.05, 3.63) is 17.2 Å². The molecule has 1 N–H and O–H groups in total. The van der Waals surface area contributed by atoms with E-state index in [-0.39, 0.29) is 0 Å². The summed E-state index contributed by atoms with van der Waals surface area (Å²) < 4.78 is 2.56. The second-order valence-corrected chi connectivity index (χ2v) is 5.52. The van der Waals surface area contributed by atoms with Crippen LogP contribution in [0.15, 0.2) is 0 Å². The van der Waals surface area contributed by atoms with Crippen LogP contribution in [0.2, 0.25) is 0 Å². The summed E-state index contributed by atoms with van der Waals surface area (Å²) in [5.74, 6) is 1.24. The first-order valence-corrected chi connectivity index (χ1v) is 7.05. The lowest BCUT2D eigenvalue weighted by molar-refractivity contribution is 0.395. The lowest BCUT2D eigenvalue weighted by atomic mass is 10.00. The van der Waals surface area contributed by atoms with Crippen LogP contribution < -0.4 is 5.32 Å². The van der Waals surface area contributed by atoms with Gasteiger partial charge in [-0.1, -0.05) is 0 Å². The number of aryl methyl sites for hydroxylation is 2. The summed E-state index contributed by atoms with van der Waals surface area (Å²) in [6.07, 6.45) is 9.08. The molecule has 1 fully saturated rings. The van der Waals surface area contributed by atoms with Gasteiger partial charge in [0.05, 0.1) is 11.7 Å². The molecule has 0 saturated heterocycles. The SMILES string of the molecule is CNC1CCCC1n1c(C)nc2c1CCCC2. The van der Waals surface area contributed by atoms with Crippen LogP contribution in [-0.4, -0.2) is 22.6 Å². The Morgan fingerprint density at radius 2 is 2.00 bits per heavy atom. The molecule has 3 nitrogen and oxygen atoms in total. The fourth-order valence-electron chi connectivity index (χ4n) is 3.72. The molecular weight excluding hydrogens is 210 g/mol. The van der Waals surface area contributed by atoms with Crippen LogP contribution >= 0.6 is 0 Å². The minimum atomic E-state index is 0.647. The summed E-state index contributed by atoms with van der Waals surface area (Å²) in [6, 6.07) is 1.29. The standard InChI is InChI=1S/C14H23N3/c1-10-16-12-6-3-4-8-14(12)17(10)13-9-5-7-11(13)15-2/h11,13,15H,3-9H2,1-2H3.